The number of nitrogens with zero attached hydrogens (tertiary/aromatic N) is 8. The van der Waals surface area contributed by atoms with Crippen LogP contribution in [0.15, 0.2) is 93.6 Å². The highest BCUT2D eigenvalue weighted by Crippen LogP contribution is 2.44. The first-order chi connectivity index (χ1) is 43.9. The molecule has 9 heterocycles. The standard InChI is InChI=1S/C61H59N13O11S6/c1-29-10-12-32(13-11-29)20-38-60(81)74-23-45(76)30(2)49(74)59-72-43(28-90-59)57-68-39(24-88-57)48-34(14-15-36(65-48)56-69-40(25-89-56)51(63)78)54-70-41(26-86-54)52(79)66-37(22-46(62)77)58-73-47(31(3)91-58)44(75)21-35(55-71-42(27-87-55)53(80)67-38)50(33-8-6-5-7-9-33)85-61(82)64-16-17-84-19-18-83-4/h5-15,24-28,30,35,37-38,45,49-50,76H,16-23H2,1-4H3,(H2,62,77)(H2,63,78)(H,64,82)(H,66,79)(H,67,80)/t30-,35-,37-,38-,45-,49-,50+/m0/s1. The van der Waals surface area contributed by atoms with Crippen molar-refractivity contribution in [2.75, 3.05) is 40.0 Å². The van der Waals surface area contributed by atoms with E-state index in [4.69, 9.17) is 55.6 Å². The number of nitrogens with two attached hydrogens (primary N) is 2. The third-order valence-electron chi connectivity index (χ3n) is 15.1. The molecule has 24 nitrogen and oxygen atoms in total. The van der Waals surface area contributed by atoms with E-state index in [9.17, 15) is 29.1 Å². The Hall–Kier alpha value is -8.46. The Bertz CT molecular complexity index is 4160. The first-order valence-electron chi connectivity index (χ1n) is 28.5. The van der Waals surface area contributed by atoms with Gasteiger partial charge in [-0.05, 0) is 37.1 Å². The molecule has 10 bridgehead atoms. The van der Waals surface area contributed by atoms with E-state index in [0.29, 0.717) is 72.0 Å². The summed E-state index contributed by atoms with van der Waals surface area (Å²) in [7, 11) is 1.54. The second-order valence-corrected chi connectivity index (χ2v) is 27.0. The van der Waals surface area contributed by atoms with E-state index in [1.54, 1.807) is 72.2 Å². The quantitative estimate of drug-likeness (QED) is 0.0526. The molecular formula is C61H59N13O11S6. The topological polar surface area (TPSA) is 349 Å². The number of amides is 6. The molecule has 0 aliphatic carbocycles. The van der Waals surface area contributed by atoms with Gasteiger partial charge >= 0.3 is 6.09 Å². The second kappa shape index (κ2) is 28.4. The number of alkyl carbamates (subject to hydrolysis) is 1. The zero-order valence-corrected chi connectivity index (χ0v) is 54.0. The van der Waals surface area contributed by atoms with E-state index in [1.165, 1.54) is 44.8 Å². The number of aliphatic hydroxyl groups is 1. The van der Waals surface area contributed by atoms with E-state index in [0.717, 1.165) is 45.1 Å². The maximum atomic E-state index is 15.4. The predicted molar refractivity (Wildman–Crippen MR) is 344 cm³/mol. The van der Waals surface area contributed by atoms with Crippen LogP contribution in [0.2, 0.25) is 0 Å². The lowest BCUT2D eigenvalue weighted by molar-refractivity contribution is -0.134. The SMILES string of the molecule is COCCOCCNC(=O)O[C@H](c1ccccc1)[C@@H]1CC(=O)c2nc(sc2C)[C@H](CC(N)=O)NC(=O)c2csc(n2)-c2ccc(-c3nc(C(N)=O)cs3)nc2-c2csc(n2)-c2csc(n2)[C@@H]2[C@@H](C)[C@@H](O)CN2C(=O)[C@H](Cc2ccc(C)cc2)NC(=O)c2csc1n2. The number of fused-ring (bicyclic) bond motifs is 16. The number of primary amides is 2. The fourth-order valence-corrected chi connectivity index (χ4v) is 15.8. The van der Waals surface area contributed by atoms with E-state index in [1.807, 2.05) is 43.5 Å². The van der Waals surface area contributed by atoms with Crippen molar-refractivity contribution in [2.24, 2.45) is 17.4 Å². The van der Waals surface area contributed by atoms with Gasteiger partial charge in [-0.15, -0.1) is 68.0 Å². The van der Waals surface area contributed by atoms with Crippen LogP contribution in [0.4, 0.5) is 4.79 Å². The third-order valence-corrected chi connectivity index (χ3v) is 20.7. The number of ketones is 1. The van der Waals surface area contributed by atoms with Crippen LogP contribution in [-0.4, -0.2) is 138 Å². The maximum absolute atomic E-state index is 15.4. The number of rotatable bonds is 15. The van der Waals surface area contributed by atoms with Crippen LogP contribution < -0.4 is 27.4 Å². The summed E-state index contributed by atoms with van der Waals surface area (Å²) in [5.41, 5.74) is 15.7. The second-order valence-electron chi connectivity index (χ2n) is 21.4. The van der Waals surface area contributed by atoms with Crippen LogP contribution >= 0.6 is 68.0 Å². The average Bonchev–Trinajstić information content (AvgIpc) is 1.75. The first-order valence-corrected chi connectivity index (χ1v) is 33.7. The summed E-state index contributed by atoms with van der Waals surface area (Å²) in [5, 5.41) is 30.6. The Morgan fingerprint density at radius 2 is 1.37 bits per heavy atom. The van der Waals surface area contributed by atoms with Crippen LogP contribution in [-0.2, 0) is 30.2 Å². The molecule has 1 saturated heterocycles. The van der Waals surface area contributed by atoms with Crippen molar-refractivity contribution in [3.8, 4) is 43.4 Å². The number of thiazole rings is 6. The molecule has 2 aliphatic rings. The largest absolute Gasteiger partial charge is 0.441 e. The highest BCUT2D eigenvalue weighted by atomic mass is 32.1. The zero-order chi connectivity index (χ0) is 64.0. The van der Waals surface area contributed by atoms with Crippen LogP contribution in [0, 0.1) is 19.8 Å². The van der Waals surface area contributed by atoms with Gasteiger partial charge in [0.1, 0.15) is 82.0 Å². The van der Waals surface area contributed by atoms with Gasteiger partial charge in [-0.1, -0.05) is 67.1 Å². The van der Waals surface area contributed by atoms with Crippen molar-refractivity contribution in [3.05, 3.63) is 153 Å². The molecule has 0 saturated carbocycles. The van der Waals surface area contributed by atoms with Crippen molar-refractivity contribution in [1.82, 2.24) is 55.7 Å². The molecule has 0 radical (unpaired) electrons. The molecule has 7 aromatic heterocycles. The number of methoxy groups -OCH3 is 1. The minimum Gasteiger partial charge on any atom is -0.441 e. The van der Waals surface area contributed by atoms with Gasteiger partial charge in [0.15, 0.2) is 5.78 Å². The van der Waals surface area contributed by atoms with Crippen LogP contribution in [0.25, 0.3) is 43.4 Å². The van der Waals surface area contributed by atoms with Crippen LogP contribution in [0.1, 0.15) is 122 Å². The summed E-state index contributed by atoms with van der Waals surface area (Å²) in [6, 6.07) is 16.7. The van der Waals surface area contributed by atoms with Gasteiger partial charge < -0.3 is 51.6 Å². The summed E-state index contributed by atoms with van der Waals surface area (Å²) in [6.07, 6.45) is -3.73. The first kappa shape index (κ1) is 64.1. The lowest BCUT2D eigenvalue weighted by Gasteiger charge is -2.29. The molecular weight excluding hydrogens is 1280 g/mol. The fraction of sp³-hybridized carbons (Fsp3) is 0.311. The number of carbonyl (C=O) groups is 7. The van der Waals surface area contributed by atoms with Gasteiger partial charge in [-0.2, -0.15) is 0 Å². The number of hydrogen-bond donors (Lipinski definition) is 6. The predicted octanol–water partition coefficient (Wildman–Crippen LogP) is 8.27. The fourth-order valence-electron chi connectivity index (χ4n) is 10.4. The molecule has 8 N–H and O–H groups in total. The highest BCUT2D eigenvalue weighted by molar-refractivity contribution is 7.15. The zero-order valence-electron chi connectivity index (χ0n) is 49.1. The molecule has 1 fully saturated rings. The van der Waals surface area contributed by atoms with Gasteiger partial charge in [0.25, 0.3) is 17.7 Å². The van der Waals surface area contributed by atoms with Gasteiger partial charge in [-0.3, -0.25) is 28.8 Å². The Kier molecular flexibility index (Phi) is 20.0. The Morgan fingerprint density at radius 1 is 0.703 bits per heavy atom. The lowest BCUT2D eigenvalue weighted by Crippen LogP contribution is -2.50. The summed E-state index contributed by atoms with van der Waals surface area (Å²) in [5.74, 6) is -5.45. The molecule has 30 heteroatoms. The van der Waals surface area contributed by atoms with Crippen molar-refractivity contribution < 1.29 is 52.9 Å². The molecule has 9 aromatic rings. The van der Waals surface area contributed by atoms with Crippen molar-refractivity contribution >= 4 is 109 Å². The van der Waals surface area contributed by atoms with Crippen LogP contribution in [0.5, 0.6) is 0 Å². The maximum Gasteiger partial charge on any atom is 0.407 e. The van der Waals surface area contributed by atoms with Gasteiger partial charge in [0.2, 0.25) is 11.8 Å². The minimum absolute atomic E-state index is 0.00382. The molecule has 91 heavy (non-hydrogen) atoms. The Labute approximate surface area is 544 Å². The number of aromatic nitrogens is 7. The number of nitrogens with one attached hydrogen (secondary N) is 3. The van der Waals surface area contributed by atoms with E-state index in [-0.39, 0.29) is 65.3 Å². The third kappa shape index (κ3) is 14.7. The van der Waals surface area contributed by atoms with Crippen molar-refractivity contribution in [1.29, 1.82) is 0 Å². The van der Waals surface area contributed by atoms with Crippen LogP contribution in [0.3, 0.4) is 0 Å². The summed E-state index contributed by atoms with van der Waals surface area (Å²) in [6.45, 7) is 6.24. The number of aryl methyl sites for hydroxylation is 2. The monoisotopic (exact) mass is 1340 g/mol. The summed E-state index contributed by atoms with van der Waals surface area (Å²) >= 11 is 7.02. The summed E-state index contributed by atoms with van der Waals surface area (Å²) in [4.78, 5) is 134. The number of hydrogen-bond acceptors (Lipinski definition) is 24. The summed E-state index contributed by atoms with van der Waals surface area (Å²) < 4.78 is 16.8. The highest BCUT2D eigenvalue weighted by Gasteiger charge is 2.46. The Morgan fingerprint density at radius 3 is 2.12 bits per heavy atom. The molecule has 470 valence electrons. The molecule has 0 unspecified atom stereocenters. The molecule has 0 spiro atoms. The lowest BCUT2D eigenvalue weighted by atomic mass is 9.90. The van der Waals surface area contributed by atoms with Crippen molar-refractivity contribution in [3.63, 3.8) is 0 Å². The number of ether oxygens (including phenoxy) is 3. The number of pyridine rings is 1. The number of aliphatic hydroxyl groups excluding tert-OH is 1. The molecule has 2 aliphatic heterocycles. The van der Waals surface area contributed by atoms with Gasteiger partial charge in [0.05, 0.1) is 56.0 Å². The Balaban J connectivity index is 1.01. The normalized spacial score (nSPS) is 19.1. The average molecular weight is 1340 g/mol. The minimum atomic E-state index is -1.20. The van der Waals surface area contributed by atoms with Gasteiger partial charge in [0, 0.05) is 76.3 Å². The number of carbonyl (C=O) groups excluding carboxylic acids is 7. The van der Waals surface area contributed by atoms with E-state index >= 15 is 9.59 Å². The van der Waals surface area contributed by atoms with E-state index < -0.39 is 90.0 Å². The molecule has 6 amide bonds. The molecule has 7 atom stereocenters. The smallest absolute Gasteiger partial charge is 0.407 e. The molecule has 2 aromatic carbocycles. The molecule has 11 rings (SSSR count). The van der Waals surface area contributed by atoms with Gasteiger partial charge in [-0.25, -0.2) is 39.7 Å². The number of benzene rings is 2. The van der Waals surface area contributed by atoms with Crippen molar-refractivity contribution in [2.45, 2.75) is 76.3 Å². The number of Topliss-reactive ketones (excluding diaryl/α,β-unsaturated/α-hetero) is 1. The van der Waals surface area contributed by atoms with E-state index in [2.05, 4.69) is 20.9 Å².